The number of benzene rings is 2. The first-order chi connectivity index (χ1) is 16.5. The Morgan fingerprint density at radius 3 is 2.71 bits per heavy atom. The molecular weight excluding hydrogens is 439 g/mol. The Morgan fingerprint density at radius 2 is 1.91 bits per heavy atom. The van der Waals surface area contributed by atoms with E-state index in [1.54, 1.807) is 12.1 Å². The Labute approximate surface area is 200 Å². The number of hydrogen-bond donors (Lipinski definition) is 1. The zero-order valence-corrected chi connectivity index (χ0v) is 19.5. The number of ether oxygens (including phenoxy) is 3. The quantitative estimate of drug-likeness (QED) is 0.537. The molecule has 2 aliphatic heterocycles. The third-order valence-electron chi connectivity index (χ3n) is 6.06. The van der Waals surface area contributed by atoms with Gasteiger partial charge in [-0.05, 0) is 42.7 Å². The third kappa shape index (κ3) is 7.16. The van der Waals surface area contributed by atoms with E-state index >= 15 is 0 Å². The Balaban J connectivity index is 1.27. The molecule has 2 aliphatic rings. The minimum Gasteiger partial charge on any atom is -0.494 e. The van der Waals surface area contributed by atoms with Crippen molar-refractivity contribution in [3.05, 3.63) is 59.9 Å². The number of carbonyl (C=O) groups is 1. The topological polar surface area (TPSA) is 71.5 Å². The van der Waals surface area contributed by atoms with Crippen LogP contribution in [0.1, 0.15) is 24.8 Å². The summed E-state index contributed by atoms with van der Waals surface area (Å²) in [5.41, 5.74) is -0.133. The van der Waals surface area contributed by atoms with E-state index in [1.807, 2.05) is 29.2 Å². The molecule has 34 heavy (non-hydrogen) atoms. The van der Waals surface area contributed by atoms with Gasteiger partial charge in [0.15, 0.2) is 0 Å². The number of likely N-dealkylation sites (tertiary alicyclic amines) is 1. The minimum atomic E-state index is -1.20. The van der Waals surface area contributed by atoms with Crippen molar-refractivity contribution in [2.45, 2.75) is 31.4 Å². The van der Waals surface area contributed by atoms with Crippen LogP contribution in [0, 0.1) is 5.82 Å². The molecule has 0 saturated carbocycles. The van der Waals surface area contributed by atoms with Gasteiger partial charge in [-0.25, -0.2) is 4.39 Å². The van der Waals surface area contributed by atoms with Crippen LogP contribution < -0.4 is 9.47 Å². The summed E-state index contributed by atoms with van der Waals surface area (Å²) in [4.78, 5) is 15.7. The number of amides is 1. The molecule has 1 atom stereocenters. The minimum absolute atomic E-state index is 0.00955. The molecule has 7 nitrogen and oxygen atoms in total. The lowest BCUT2D eigenvalue weighted by Gasteiger charge is -2.30. The van der Waals surface area contributed by atoms with E-state index in [0.717, 1.165) is 37.2 Å². The average molecular weight is 473 g/mol. The Hall–Kier alpha value is -2.68. The van der Waals surface area contributed by atoms with Gasteiger partial charge in [0.25, 0.3) is 0 Å². The van der Waals surface area contributed by atoms with Crippen LogP contribution in [0.15, 0.2) is 48.5 Å². The molecule has 1 N–H and O–H groups in total. The van der Waals surface area contributed by atoms with Crippen LogP contribution in [0.4, 0.5) is 4.39 Å². The second-order valence-corrected chi connectivity index (χ2v) is 9.07. The summed E-state index contributed by atoms with van der Waals surface area (Å²) in [7, 11) is 0. The van der Waals surface area contributed by atoms with Gasteiger partial charge in [-0.15, -0.1) is 0 Å². The first-order valence-corrected chi connectivity index (χ1v) is 11.9. The summed E-state index contributed by atoms with van der Waals surface area (Å²) < 4.78 is 30.6. The van der Waals surface area contributed by atoms with Crippen molar-refractivity contribution in [1.82, 2.24) is 9.80 Å². The van der Waals surface area contributed by atoms with Crippen LogP contribution in [0.5, 0.6) is 11.5 Å². The molecule has 2 heterocycles. The molecule has 4 rings (SSSR count). The molecule has 1 amide bonds. The van der Waals surface area contributed by atoms with Crippen LogP contribution in [0.25, 0.3) is 0 Å². The number of rotatable bonds is 10. The van der Waals surface area contributed by atoms with Gasteiger partial charge in [0, 0.05) is 45.2 Å². The van der Waals surface area contributed by atoms with E-state index in [4.69, 9.17) is 14.2 Å². The molecule has 0 radical (unpaired) electrons. The molecule has 2 fully saturated rings. The fourth-order valence-corrected chi connectivity index (χ4v) is 4.37. The number of nitrogens with zero attached hydrogens (tertiary/aromatic N) is 2. The van der Waals surface area contributed by atoms with E-state index in [2.05, 4.69) is 4.90 Å². The van der Waals surface area contributed by atoms with Gasteiger partial charge in [0.1, 0.15) is 29.5 Å². The van der Waals surface area contributed by atoms with Crippen molar-refractivity contribution in [1.29, 1.82) is 0 Å². The normalized spacial score (nSPS) is 21.5. The van der Waals surface area contributed by atoms with Crippen LogP contribution >= 0.6 is 0 Å². The van der Waals surface area contributed by atoms with Crippen LogP contribution in [0.3, 0.4) is 0 Å². The van der Waals surface area contributed by atoms with E-state index in [-0.39, 0.29) is 24.9 Å². The van der Waals surface area contributed by atoms with Gasteiger partial charge in [0.05, 0.1) is 19.8 Å². The zero-order valence-electron chi connectivity index (χ0n) is 19.5. The van der Waals surface area contributed by atoms with Gasteiger partial charge in [-0.3, -0.25) is 9.69 Å². The Bertz CT molecular complexity index is 958. The van der Waals surface area contributed by atoms with Crippen LogP contribution in [-0.2, 0) is 16.1 Å². The van der Waals surface area contributed by atoms with Crippen LogP contribution in [0.2, 0.25) is 0 Å². The largest absolute Gasteiger partial charge is 0.494 e. The standard InChI is InChI=1S/C26H33FN2O5/c27-22-6-2-8-24(16-22)34-20-26(31)18-28(12-14-32-19-26)17-21-5-1-7-23(15-21)33-13-4-11-29-10-3-9-25(29)30/h1-2,5-8,15-16,31H,3-4,9-14,17-20H2/t26-/m0/s1. The van der Waals surface area contributed by atoms with Gasteiger partial charge >= 0.3 is 0 Å². The molecule has 0 spiro atoms. The second-order valence-electron chi connectivity index (χ2n) is 9.07. The third-order valence-corrected chi connectivity index (χ3v) is 6.06. The fourth-order valence-electron chi connectivity index (χ4n) is 4.37. The highest BCUT2D eigenvalue weighted by Gasteiger charge is 2.33. The monoisotopic (exact) mass is 472 g/mol. The van der Waals surface area contributed by atoms with Crippen molar-refractivity contribution in [3.8, 4) is 11.5 Å². The molecule has 2 aromatic carbocycles. The summed E-state index contributed by atoms with van der Waals surface area (Å²) in [5, 5.41) is 11.1. The highest BCUT2D eigenvalue weighted by molar-refractivity contribution is 5.77. The van der Waals surface area contributed by atoms with Gasteiger partial charge in [-0.2, -0.15) is 0 Å². The smallest absolute Gasteiger partial charge is 0.222 e. The molecule has 0 aromatic heterocycles. The summed E-state index contributed by atoms with van der Waals surface area (Å²) in [5.74, 6) is 1.03. The van der Waals surface area contributed by atoms with E-state index < -0.39 is 5.60 Å². The molecular formula is C26H33FN2O5. The molecule has 0 unspecified atom stereocenters. The lowest BCUT2D eigenvalue weighted by Crippen LogP contribution is -2.48. The van der Waals surface area contributed by atoms with Crippen LogP contribution in [-0.4, -0.2) is 79.0 Å². The highest BCUT2D eigenvalue weighted by atomic mass is 19.1. The van der Waals surface area contributed by atoms with Crippen molar-refractivity contribution in [2.24, 2.45) is 0 Å². The van der Waals surface area contributed by atoms with Crippen molar-refractivity contribution in [3.63, 3.8) is 0 Å². The highest BCUT2D eigenvalue weighted by Crippen LogP contribution is 2.21. The van der Waals surface area contributed by atoms with Crippen molar-refractivity contribution in [2.75, 3.05) is 52.6 Å². The number of hydrogen-bond acceptors (Lipinski definition) is 6. The molecule has 2 saturated heterocycles. The zero-order chi connectivity index (χ0) is 23.8. The number of aliphatic hydroxyl groups is 1. The lowest BCUT2D eigenvalue weighted by atomic mass is 10.1. The van der Waals surface area contributed by atoms with E-state index in [0.29, 0.717) is 45.0 Å². The maximum atomic E-state index is 13.4. The average Bonchev–Trinajstić information content (AvgIpc) is 3.13. The van der Waals surface area contributed by atoms with Gasteiger partial charge in [0.2, 0.25) is 5.91 Å². The van der Waals surface area contributed by atoms with Gasteiger partial charge in [-0.1, -0.05) is 18.2 Å². The molecule has 0 aliphatic carbocycles. The first-order valence-electron chi connectivity index (χ1n) is 11.9. The number of halogens is 1. The lowest BCUT2D eigenvalue weighted by molar-refractivity contribution is -0.127. The summed E-state index contributed by atoms with van der Waals surface area (Å²) in [6, 6.07) is 13.8. The maximum absolute atomic E-state index is 13.4. The number of β-amino-alcohol motifs (C(OH)–C–C–N with tert-alkyl or cyclic N) is 1. The van der Waals surface area contributed by atoms with E-state index in [9.17, 15) is 14.3 Å². The molecule has 2 aromatic rings. The van der Waals surface area contributed by atoms with Gasteiger partial charge < -0.3 is 24.2 Å². The Kier molecular flexibility index (Phi) is 8.37. The SMILES string of the molecule is O=C1CCCN1CCCOc1cccc(CN2CCOC[C@](O)(COc3cccc(F)c3)C2)c1. The molecule has 8 heteroatoms. The van der Waals surface area contributed by atoms with Crippen molar-refractivity contribution >= 4 is 5.91 Å². The maximum Gasteiger partial charge on any atom is 0.222 e. The molecule has 184 valence electrons. The summed E-state index contributed by atoms with van der Waals surface area (Å²) in [6.07, 6.45) is 2.42. The summed E-state index contributed by atoms with van der Waals surface area (Å²) >= 11 is 0. The molecule has 0 bridgehead atoms. The second kappa shape index (κ2) is 11.6. The first kappa shape index (κ1) is 24.4. The predicted octanol–water partition coefficient (Wildman–Crippen LogP) is 2.86. The number of carbonyl (C=O) groups excluding carboxylic acids is 1. The predicted molar refractivity (Wildman–Crippen MR) is 125 cm³/mol. The Morgan fingerprint density at radius 1 is 1.09 bits per heavy atom. The fraction of sp³-hybridized carbons (Fsp3) is 0.500. The van der Waals surface area contributed by atoms with Crippen molar-refractivity contribution < 1.29 is 28.5 Å². The van der Waals surface area contributed by atoms with E-state index in [1.165, 1.54) is 12.1 Å². The summed E-state index contributed by atoms with van der Waals surface area (Å²) in [6.45, 7) is 4.50.